The van der Waals surface area contributed by atoms with E-state index in [1.807, 2.05) is 6.92 Å². The van der Waals surface area contributed by atoms with E-state index in [4.69, 9.17) is 27.9 Å². The summed E-state index contributed by atoms with van der Waals surface area (Å²) >= 11 is 12.2. The van der Waals surface area contributed by atoms with Gasteiger partial charge in [-0.05, 0) is 26.0 Å². The van der Waals surface area contributed by atoms with Crippen LogP contribution < -0.4 is 15.9 Å². The van der Waals surface area contributed by atoms with Crippen LogP contribution in [0, 0.1) is 10.4 Å². The van der Waals surface area contributed by atoms with Gasteiger partial charge in [0.25, 0.3) is 0 Å². The average Bonchev–Trinajstić information content (AvgIpc) is 3.18. The minimum absolute atomic E-state index is 0.0708. The van der Waals surface area contributed by atoms with Gasteiger partial charge in [-0.15, -0.1) is 0 Å². The topological polar surface area (TPSA) is 131 Å². The minimum atomic E-state index is -0.757. The largest absolute Gasteiger partial charge is 0.744 e. The number of hydrogen-bond donors (Lipinski definition) is 1. The van der Waals surface area contributed by atoms with Gasteiger partial charge in [-0.1, -0.05) is 34.3 Å². The fourth-order valence-corrected chi connectivity index (χ4v) is 3.48. The minimum Gasteiger partial charge on any atom is -0.744 e. The number of nitrogens with zero attached hydrogens (tertiary/aromatic N) is 4. The van der Waals surface area contributed by atoms with E-state index in [0.717, 1.165) is 0 Å². The van der Waals surface area contributed by atoms with Crippen LogP contribution in [0.3, 0.4) is 0 Å². The second-order valence-corrected chi connectivity index (χ2v) is 7.20. The summed E-state index contributed by atoms with van der Waals surface area (Å²) in [5.74, 6) is -0.757. The zero-order chi connectivity index (χ0) is 22.7. The predicted octanol–water partition coefficient (Wildman–Crippen LogP) is 2.36. The summed E-state index contributed by atoms with van der Waals surface area (Å²) in [6.45, 7) is 4.03. The van der Waals surface area contributed by atoms with Crippen LogP contribution >= 0.6 is 23.2 Å². The molecule has 1 N–H and O–H groups in total. The number of H-pyrrole nitrogens is 1. The molecular formula is C19H18Cl2N5O5-. The lowest BCUT2D eigenvalue weighted by atomic mass is 10.0. The average molecular weight is 467 g/mol. The summed E-state index contributed by atoms with van der Waals surface area (Å²) in [6.07, 6.45) is 1.25. The summed E-state index contributed by atoms with van der Waals surface area (Å²) in [6, 6.07) is 6.08. The molecule has 0 aliphatic heterocycles. The molecule has 0 spiro atoms. The number of carbonyl (C=O) groups excluding carboxylic acids is 1. The molecule has 10 nitrogen and oxygen atoms in total. The van der Waals surface area contributed by atoms with E-state index in [-0.39, 0.29) is 23.7 Å². The van der Waals surface area contributed by atoms with Crippen molar-refractivity contribution in [2.45, 2.75) is 26.9 Å². The Morgan fingerprint density at radius 3 is 2.55 bits per heavy atom. The van der Waals surface area contributed by atoms with Gasteiger partial charge < -0.3 is 19.7 Å². The molecule has 0 radical (unpaired) electrons. The summed E-state index contributed by atoms with van der Waals surface area (Å²) in [4.78, 5) is 28.6. The fourth-order valence-electron chi connectivity index (χ4n) is 3.19. The standard InChI is InChI=1S/C19H18Cl2N5O5/c1-3-25-12(9-24-10-22-19(23-24)26(29)30)8-15(27)16(18(28)31-4-2)17(25)11-5-6-13(20)14(21)7-11/h5-8,10,23H,3-4,9H2,1-2H3/q-1. The SMILES string of the molecule is CCOC(=O)c1c(-c2ccc(Cl)c(Cl)c2)n(CC)c(Cn2cnc(=[N+]([O-])[O-])[nH]2)cc1=O. The molecule has 0 saturated heterocycles. The lowest BCUT2D eigenvalue weighted by molar-refractivity contribution is 0.0525. The third-order valence-electron chi connectivity index (χ3n) is 4.45. The van der Waals surface area contributed by atoms with E-state index in [9.17, 15) is 20.0 Å². The Labute approximate surface area is 186 Å². The number of benzene rings is 1. The third kappa shape index (κ3) is 4.59. The Kier molecular flexibility index (Phi) is 6.71. The van der Waals surface area contributed by atoms with Crippen molar-refractivity contribution in [1.82, 2.24) is 24.2 Å². The molecule has 2 heterocycles. The maximum atomic E-state index is 13.0. The monoisotopic (exact) mass is 466 g/mol. The Bertz CT molecular complexity index is 1260. The number of rotatable bonds is 6. The molecule has 0 bridgehead atoms. The molecule has 0 saturated carbocycles. The van der Waals surface area contributed by atoms with Gasteiger partial charge in [-0.3, -0.25) is 9.70 Å². The number of hydrogen-bond acceptors (Lipinski definition) is 6. The molecule has 164 valence electrons. The smallest absolute Gasteiger partial charge is 0.411 e. The number of aromatic nitrogens is 4. The van der Waals surface area contributed by atoms with Crippen LogP contribution in [0.25, 0.3) is 11.3 Å². The molecule has 0 fully saturated rings. The highest BCUT2D eigenvalue weighted by Crippen LogP contribution is 2.31. The van der Waals surface area contributed by atoms with Crippen LogP contribution in [0.2, 0.25) is 10.0 Å². The molecule has 3 aromatic rings. The molecule has 12 heteroatoms. The Hall–Kier alpha value is -3.24. The zero-order valence-corrected chi connectivity index (χ0v) is 18.1. The highest BCUT2D eigenvalue weighted by atomic mass is 35.5. The number of aromatic amines is 1. The van der Waals surface area contributed by atoms with E-state index in [2.05, 4.69) is 10.1 Å². The van der Waals surface area contributed by atoms with Gasteiger partial charge in [0, 0.05) is 23.9 Å². The highest BCUT2D eigenvalue weighted by Gasteiger charge is 2.24. The first-order valence-electron chi connectivity index (χ1n) is 9.24. The second-order valence-electron chi connectivity index (χ2n) is 6.38. The van der Waals surface area contributed by atoms with Gasteiger partial charge in [0.05, 0.1) is 28.9 Å². The van der Waals surface area contributed by atoms with Crippen LogP contribution in [0.5, 0.6) is 0 Å². The molecule has 2 aromatic heterocycles. The number of ether oxygens (including phenoxy) is 1. The summed E-state index contributed by atoms with van der Waals surface area (Å²) in [7, 11) is 0. The normalized spacial score (nSPS) is 10.8. The molecule has 0 aliphatic rings. The number of nitrogens with one attached hydrogen (secondary N) is 1. The van der Waals surface area contributed by atoms with Crippen molar-refractivity contribution in [3.05, 3.63) is 78.2 Å². The van der Waals surface area contributed by atoms with Crippen LogP contribution in [0.1, 0.15) is 29.9 Å². The third-order valence-corrected chi connectivity index (χ3v) is 5.19. The van der Waals surface area contributed by atoms with E-state index in [0.29, 0.717) is 28.5 Å². The van der Waals surface area contributed by atoms with Crippen LogP contribution in [0.15, 0.2) is 35.4 Å². The van der Waals surface area contributed by atoms with Gasteiger partial charge in [-0.25, -0.2) is 9.48 Å². The maximum Gasteiger partial charge on any atom is 0.411 e. The number of pyridine rings is 1. The summed E-state index contributed by atoms with van der Waals surface area (Å²) in [5.41, 5.74) is 0.194. The van der Waals surface area contributed by atoms with Gasteiger partial charge in [0.15, 0.2) is 5.43 Å². The number of esters is 1. The van der Waals surface area contributed by atoms with E-state index < -0.39 is 21.9 Å². The van der Waals surface area contributed by atoms with Crippen LogP contribution in [-0.2, 0) is 17.8 Å². The van der Waals surface area contributed by atoms with E-state index >= 15 is 0 Å². The molecule has 0 aliphatic carbocycles. The first-order chi connectivity index (χ1) is 14.8. The molecule has 0 unspecified atom stereocenters. The second kappa shape index (κ2) is 9.27. The van der Waals surface area contributed by atoms with E-state index in [1.165, 1.54) is 17.1 Å². The van der Waals surface area contributed by atoms with Crippen molar-refractivity contribution in [3.8, 4) is 11.3 Å². The molecule has 3 rings (SSSR count). The van der Waals surface area contributed by atoms with Gasteiger partial charge in [0.2, 0.25) is 6.33 Å². The molecular weight excluding hydrogens is 449 g/mol. The van der Waals surface area contributed by atoms with Gasteiger partial charge >= 0.3 is 11.6 Å². The Morgan fingerprint density at radius 1 is 1.23 bits per heavy atom. The fraction of sp³-hybridized carbons (Fsp3) is 0.263. The molecule has 0 amide bonds. The summed E-state index contributed by atoms with van der Waals surface area (Å²) in [5, 5.41) is 24.9. The number of halogens is 2. The van der Waals surface area contributed by atoms with Crippen molar-refractivity contribution in [2.75, 3.05) is 6.61 Å². The zero-order valence-electron chi connectivity index (χ0n) is 16.6. The van der Waals surface area contributed by atoms with Crippen molar-refractivity contribution in [2.24, 2.45) is 0 Å². The van der Waals surface area contributed by atoms with Crippen molar-refractivity contribution in [3.63, 3.8) is 0 Å². The highest BCUT2D eigenvalue weighted by molar-refractivity contribution is 6.42. The van der Waals surface area contributed by atoms with E-state index in [1.54, 1.807) is 29.7 Å². The Balaban J connectivity index is 2.27. The van der Waals surface area contributed by atoms with Crippen molar-refractivity contribution >= 4 is 29.2 Å². The van der Waals surface area contributed by atoms with Crippen molar-refractivity contribution in [1.29, 1.82) is 0 Å². The van der Waals surface area contributed by atoms with Gasteiger partial charge in [0.1, 0.15) is 5.56 Å². The van der Waals surface area contributed by atoms with Crippen LogP contribution in [-0.4, -0.2) is 31.9 Å². The van der Waals surface area contributed by atoms with Crippen LogP contribution in [0.4, 0.5) is 0 Å². The quantitative estimate of drug-likeness (QED) is 0.438. The number of carbonyl (C=O) groups is 1. The summed E-state index contributed by atoms with van der Waals surface area (Å²) < 4.78 is 8.21. The maximum absolute atomic E-state index is 13.0. The first-order valence-corrected chi connectivity index (χ1v) is 10.0. The lowest BCUT2D eigenvalue weighted by Gasteiger charge is -2.20. The van der Waals surface area contributed by atoms with Crippen molar-refractivity contribution < 1.29 is 9.53 Å². The first kappa shape index (κ1) is 22.4. The van der Waals surface area contributed by atoms with Gasteiger partial charge in [-0.2, -0.15) is 5.10 Å². The lowest BCUT2D eigenvalue weighted by Crippen LogP contribution is -2.26. The predicted molar refractivity (Wildman–Crippen MR) is 115 cm³/mol. The molecule has 31 heavy (non-hydrogen) atoms. The Morgan fingerprint density at radius 2 is 1.97 bits per heavy atom. The molecule has 0 atom stereocenters. The molecule has 1 aromatic carbocycles.